The highest BCUT2D eigenvalue weighted by atomic mass is 16.4. The Hall–Kier alpha value is -2.78. The van der Waals surface area contributed by atoms with E-state index in [1.807, 2.05) is 0 Å². The van der Waals surface area contributed by atoms with Gasteiger partial charge in [0.25, 0.3) is 0 Å². The molecule has 0 heterocycles. The van der Waals surface area contributed by atoms with Gasteiger partial charge in [-0.15, -0.1) is 0 Å². The number of carboxylic acids is 4. The Labute approximate surface area is 122 Å². The van der Waals surface area contributed by atoms with Crippen LogP contribution in [-0.2, 0) is 28.8 Å². The molecule has 4 atom stereocenters. The summed E-state index contributed by atoms with van der Waals surface area (Å²) in [5, 5.41) is 36.5. The van der Waals surface area contributed by atoms with E-state index in [2.05, 4.69) is 0 Å². The summed E-state index contributed by atoms with van der Waals surface area (Å²) in [5.74, 6) is -19.0. The number of hydrogen-bond donors (Lipinski definition) is 4. The minimum atomic E-state index is -2.01. The van der Waals surface area contributed by atoms with Crippen molar-refractivity contribution in [3.8, 4) is 0 Å². The molecule has 0 amide bonds. The SMILES string of the molecule is O=CC1C(C(=O)O)C(C(=O)O)C(C=O)C(C(=O)O)C1C(=O)O. The van der Waals surface area contributed by atoms with Gasteiger partial charge in [0.05, 0.1) is 23.7 Å². The smallest absolute Gasteiger partial charge is 0.308 e. The first-order chi connectivity index (χ1) is 10.2. The van der Waals surface area contributed by atoms with Crippen molar-refractivity contribution in [2.24, 2.45) is 35.5 Å². The third-order valence-electron chi connectivity index (χ3n) is 3.89. The van der Waals surface area contributed by atoms with Gasteiger partial charge in [-0.05, 0) is 0 Å². The van der Waals surface area contributed by atoms with Crippen LogP contribution in [0, 0.1) is 35.5 Å². The Morgan fingerprint density at radius 1 is 0.545 bits per heavy atom. The molecular weight excluding hydrogens is 304 g/mol. The largest absolute Gasteiger partial charge is 0.481 e. The van der Waals surface area contributed by atoms with Gasteiger partial charge in [0.1, 0.15) is 12.6 Å². The topological polar surface area (TPSA) is 183 Å². The first kappa shape index (κ1) is 17.3. The molecule has 1 fully saturated rings. The van der Waals surface area contributed by atoms with Gasteiger partial charge in [0.2, 0.25) is 0 Å². The van der Waals surface area contributed by atoms with E-state index in [1.165, 1.54) is 0 Å². The molecule has 10 heteroatoms. The summed E-state index contributed by atoms with van der Waals surface area (Å²) in [5.41, 5.74) is 0. The van der Waals surface area contributed by atoms with Crippen LogP contribution in [0.1, 0.15) is 0 Å². The quantitative estimate of drug-likeness (QED) is 0.417. The van der Waals surface area contributed by atoms with Crippen LogP contribution >= 0.6 is 0 Å². The molecule has 10 nitrogen and oxygen atoms in total. The maximum absolute atomic E-state index is 11.3. The summed E-state index contributed by atoms with van der Waals surface area (Å²) in [6.07, 6.45) is -0.158. The van der Waals surface area contributed by atoms with Crippen LogP contribution in [0.3, 0.4) is 0 Å². The lowest BCUT2D eigenvalue weighted by atomic mass is 9.57. The van der Waals surface area contributed by atoms with E-state index in [0.717, 1.165) is 0 Å². The zero-order valence-corrected chi connectivity index (χ0v) is 10.9. The molecule has 0 saturated heterocycles. The van der Waals surface area contributed by atoms with Gasteiger partial charge in [0.15, 0.2) is 0 Å². The molecule has 1 aliphatic carbocycles. The highest BCUT2D eigenvalue weighted by Gasteiger charge is 2.60. The molecule has 1 saturated carbocycles. The fourth-order valence-electron chi connectivity index (χ4n) is 3.02. The number of aldehydes is 2. The van der Waals surface area contributed by atoms with E-state index < -0.39 is 59.4 Å². The summed E-state index contributed by atoms with van der Waals surface area (Å²) in [4.78, 5) is 67.3. The third kappa shape index (κ3) is 2.67. The van der Waals surface area contributed by atoms with Crippen molar-refractivity contribution in [1.29, 1.82) is 0 Å². The van der Waals surface area contributed by atoms with Crippen LogP contribution in [0.15, 0.2) is 0 Å². The molecular formula is C12H12O10. The Balaban J connectivity index is 3.61. The highest BCUT2D eigenvalue weighted by Crippen LogP contribution is 2.45. The third-order valence-corrected chi connectivity index (χ3v) is 3.89. The summed E-state index contributed by atoms with van der Waals surface area (Å²) in [6, 6.07) is 0. The Morgan fingerprint density at radius 3 is 0.818 bits per heavy atom. The average molecular weight is 316 g/mol. The standard InChI is InChI=1S/C12H12O10/c13-1-3-5(9(15)16)7(11(19)20)4(2-14)8(12(21)22)6(3)10(17)18/h1-8H,(H,15,16)(H,17,18)(H,19,20)(H,21,22). The van der Waals surface area contributed by atoms with Crippen LogP contribution in [0.2, 0.25) is 0 Å². The first-order valence-corrected chi connectivity index (χ1v) is 6.00. The first-order valence-electron chi connectivity index (χ1n) is 6.00. The minimum Gasteiger partial charge on any atom is -0.481 e. The normalized spacial score (nSPS) is 34.4. The summed E-state index contributed by atoms with van der Waals surface area (Å²) in [6.45, 7) is 0. The van der Waals surface area contributed by atoms with Crippen LogP contribution in [0.25, 0.3) is 0 Å². The molecule has 4 N–H and O–H groups in total. The van der Waals surface area contributed by atoms with Crippen molar-refractivity contribution >= 4 is 36.4 Å². The number of carboxylic acid groups (broad SMARTS) is 4. The van der Waals surface area contributed by atoms with E-state index in [0.29, 0.717) is 0 Å². The van der Waals surface area contributed by atoms with Crippen molar-refractivity contribution in [1.82, 2.24) is 0 Å². The molecule has 0 aromatic heterocycles. The number of aliphatic carboxylic acids is 4. The van der Waals surface area contributed by atoms with Gasteiger partial charge in [-0.2, -0.15) is 0 Å². The van der Waals surface area contributed by atoms with Gasteiger partial charge in [-0.25, -0.2) is 0 Å². The van der Waals surface area contributed by atoms with Gasteiger partial charge >= 0.3 is 23.9 Å². The summed E-state index contributed by atoms with van der Waals surface area (Å²) < 4.78 is 0. The molecule has 0 aromatic rings. The van der Waals surface area contributed by atoms with E-state index in [1.54, 1.807) is 0 Å². The van der Waals surface area contributed by atoms with Crippen molar-refractivity contribution < 1.29 is 49.2 Å². The molecule has 120 valence electrons. The molecule has 4 unspecified atom stereocenters. The fraction of sp³-hybridized carbons (Fsp3) is 0.500. The van der Waals surface area contributed by atoms with Crippen LogP contribution < -0.4 is 0 Å². The van der Waals surface area contributed by atoms with E-state index >= 15 is 0 Å². The second-order valence-corrected chi connectivity index (χ2v) is 4.88. The van der Waals surface area contributed by atoms with E-state index in [4.69, 9.17) is 20.4 Å². The molecule has 1 rings (SSSR count). The van der Waals surface area contributed by atoms with Crippen molar-refractivity contribution in [2.75, 3.05) is 0 Å². The fourth-order valence-corrected chi connectivity index (χ4v) is 3.02. The maximum Gasteiger partial charge on any atom is 0.308 e. The van der Waals surface area contributed by atoms with Gasteiger partial charge < -0.3 is 30.0 Å². The monoisotopic (exact) mass is 316 g/mol. The average Bonchev–Trinajstić information content (AvgIpc) is 2.42. The van der Waals surface area contributed by atoms with E-state index in [9.17, 15) is 28.8 Å². The van der Waals surface area contributed by atoms with Crippen molar-refractivity contribution in [3.05, 3.63) is 0 Å². The number of hydrogen-bond acceptors (Lipinski definition) is 6. The van der Waals surface area contributed by atoms with Gasteiger partial charge in [-0.1, -0.05) is 0 Å². The lowest BCUT2D eigenvalue weighted by Gasteiger charge is -2.41. The maximum atomic E-state index is 11.3. The Kier molecular flexibility index (Phi) is 4.97. The number of carbonyl (C=O) groups is 6. The molecule has 1 aliphatic rings. The predicted octanol–water partition coefficient (Wildman–Crippen LogP) is -1.57. The zero-order chi connectivity index (χ0) is 17.2. The minimum absolute atomic E-state index is 0.0789. The molecule has 0 bridgehead atoms. The molecule has 0 aromatic carbocycles. The van der Waals surface area contributed by atoms with Crippen molar-refractivity contribution in [2.45, 2.75) is 0 Å². The molecule has 22 heavy (non-hydrogen) atoms. The molecule has 0 aliphatic heterocycles. The number of rotatable bonds is 6. The van der Waals surface area contributed by atoms with Crippen LogP contribution in [0.5, 0.6) is 0 Å². The highest BCUT2D eigenvalue weighted by molar-refractivity contribution is 5.93. The van der Waals surface area contributed by atoms with Crippen LogP contribution in [0.4, 0.5) is 0 Å². The Bertz CT molecular complexity index is 450. The molecule has 0 spiro atoms. The predicted molar refractivity (Wildman–Crippen MR) is 63.6 cm³/mol. The lowest BCUT2D eigenvalue weighted by molar-refractivity contribution is -0.181. The van der Waals surface area contributed by atoms with Gasteiger partial charge in [0, 0.05) is 11.8 Å². The second-order valence-electron chi connectivity index (χ2n) is 4.88. The van der Waals surface area contributed by atoms with Gasteiger partial charge in [-0.3, -0.25) is 19.2 Å². The number of carbonyl (C=O) groups excluding carboxylic acids is 2. The Morgan fingerprint density at radius 2 is 0.727 bits per heavy atom. The molecule has 0 radical (unpaired) electrons. The van der Waals surface area contributed by atoms with Crippen molar-refractivity contribution in [3.63, 3.8) is 0 Å². The zero-order valence-electron chi connectivity index (χ0n) is 10.9. The second kappa shape index (κ2) is 6.33. The van der Waals surface area contributed by atoms with E-state index in [-0.39, 0.29) is 12.6 Å². The summed E-state index contributed by atoms with van der Waals surface area (Å²) in [7, 11) is 0. The summed E-state index contributed by atoms with van der Waals surface area (Å²) >= 11 is 0. The van der Waals surface area contributed by atoms with Crippen LogP contribution in [-0.4, -0.2) is 56.9 Å². The lowest BCUT2D eigenvalue weighted by Crippen LogP contribution is -2.57.